The Bertz CT molecular complexity index is 1200. The van der Waals surface area contributed by atoms with E-state index in [1.807, 2.05) is 44.6 Å². The summed E-state index contributed by atoms with van der Waals surface area (Å²) in [7, 11) is 1.89. The smallest absolute Gasteiger partial charge is 0.159 e. The van der Waals surface area contributed by atoms with Crippen molar-refractivity contribution in [1.29, 1.82) is 0 Å². The van der Waals surface area contributed by atoms with Crippen molar-refractivity contribution >= 4 is 5.82 Å². The first-order chi connectivity index (χ1) is 14.4. The second kappa shape index (κ2) is 8.02. The van der Waals surface area contributed by atoms with Crippen LogP contribution in [0, 0.1) is 18.6 Å². The fourth-order valence-corrected chi connectivity index (χ4v) is 3.31. The molecule has 0 saturated heterocycles. The molecule has 7 heteroatoms. The second-order valence-corrected chi connectivity index (χ2v) is 7.21. The van der Waals surface area contributed by atoms with Crippen LogP contribution in [0.4, 0.5) is 14.6 Å². The molecule has 4 aromatic rings. The summed E-state index contributed by atoms with van der Waals surface area (Å²) in [6.45, 7) is 3.80. The first-order valence-corrected chi connectivity index (χ1v) is 9.55. The molecule has 1 atom stereocenters. The Morgan fingerprint density at radius 2 is 1.77 bits per heavy atom. The summed E-state index contributed by atoms with van der Waals surface area (Å²) in [4.78, 5) is 8.81. The molecule has 1 N–H and O–H groups in total. The van der Waals surface area contributed by atoms with Crippen LogP contribution in [0.5, 0.6) is 0 Å². The summed E-state index contributed by atoms with van der Waals surface area (Å²) in [5.74, 6) is -0.638. The highest BCUT2D eigenvalue weighted by molar-refractivity contribution is 5.64. The SMILES string of the molecule is Cc1nc(NC(C)c2cccc(-c3cnn(C)c3)c2)cc(-c2ccc(F)c(F)c2)n1. The fourth-order valence-electron chi connectivity index (χ4n) is 3.31. The van der Waals surface area contributed by atoms with E-state index in [0.717, 1.165) is 28.8 Å². The standard InChI is InChI=1S/C23H21F2N5/c1-14(16-5-4-6-17(9-16)19-12-26-30(3)13-19)27-23-11-22(28-15(2)29-23)18-7-8-20(24)21(25)10-18/h4-14H,1-3H3,(H,27,28,29). The lowest BCUT2D eigenvalue weighted by Crippen LogP contribution is -2.09. The van der Waals surface area contributed by atoms with Crippen molar-refractivity contribution in [3.05, 3.63) is 83.9 Å². The molecule has 0 amide bonds. The van der Waals surface area contributed by atoms with Gasteiger partial charge >= 0.3 is 0 Å². The highest BCUT2D eigenvalue weighted by atomic mass is 19.2. The van der Waals surface area contributed by atoms with Crippen LogP contribution >= 0.6 is 0 Å². The number of aromatic nitrogens is 4. The molecule has 0 radical (unpaired) electrons. The lowest BCUT2D eigenvalue weighted by atomic mass is 10.0. The van der Waals surface area contributed by atoms with Gasteiger partial charge in [-0.1, -0.05) is 18.2 Å². The number of rotatable bonds is 5. The Kier molecular flexibility index (Phi) is 5.27. The third kappa shape index (κ3) is 4.20. The Hall–Kier alpha value is -3.61. The summed E-state index contributed by atoms with van der Waals surface area (Å²) in [6.07, 6.45) is 3.80. The summed E-state index contributed by atoms with van der Waals surface area (Å²) in [5.41, 5.74) is 4.23. The van der Waals surface area contributed by atoms with E-state index in [1.54, 1.807) is 17.7 Å². The zero-order chi connectivity index (χ0) is 21.3. The van der Waals surface area contributed by atoms with Gasteiger partial charge in [0, 0.05) is 36.5 Å². The third-order valence-electron chi connectivity index (χ3n) is 4.84. The van der Waals surface area contributed by atoms with Crippen LogP contribution < -0.4 is 5.32 Å². The van der Waals surface area contributed by atoms with Gasteiger partial charge in [-0.3, -0.25) is 4.68 Å². The van der Waals surface area contributed by atoms with Crippen molar-refractivity contribution in [3.8, 4) is 22.4 Å². The topological polar surface area (TPSA) is 55.6 Å². The molecule has 1 unspecified atom stereocenters. The van der Waals surface area contributed by atoms with Crippen molar-refractivity contribution in [1.82, 2.24) is 19.7 Å². The monoisotopic (exact) mass is 405 g/mol. The van der Waals surface area contributed by atoms with Crippen molar-refractivity contribution in [2.75, 3.05) is 5.32 Å². The van der Waals surface area contributed by atoms with Gasteiger partial charge < -0.3 is 5.32 Å². The highest BCUT2D eigenvalue weighted by Gasteiger charge is 2.12. The van der Waals surface area contributed by atoms with E-state index in [2.05, 4.69) is 26.4 Å². The molecule has 0 fully saturated rings. The van der Waals surface area contributed by atoms with Crippen molar-refractivity contribution < 1.29 is 8.78 Å². The van der Waals surface area contributed by atoms with Gasteiger partial charge in [0.2, 0.25) is 0 Å². The first kappa shape index (κ1) is 19.7. The quantitative estimate of drug-likeness (QED) is 0.489. The van der Waals surface area contributed by atoms with Crippen LogP contribution in [-0.4, -0.2) is 19.7 Å². The van der Waals surface area contributed by atoms with Crippen LogP contribution in [-0.2, 0) is 7.05 Å². The molecule has 0 saturated carbocycles. The fraction of sp³-hybridized carbons (Fsp3) is 0.174. The maximum atomic E-state index is 13.6. The lowest BCUT2D eigenvalue weighted by Gasteiger charge is -2.17. The summed E-state index contributed by atoms with van der Waals surface area (Å²) < 4.78 is 28.7. The largest absolute Gasteiger partial charge is 0.363 e. The summed E-state index contributed by atoms with van der Waals surface area (Å²) >= 11 is 0. The average molecular weight is 405 g/mol. The first-order valence-electron chi connectivity index (χ1n) is 9.55. The summed E-state index contributed by atoms with van der Waals surface area (Å²) in [5, 5.41) is 7.61. The van der Waals surface area contributed by atoms with Gasteiger partial charge in [-0.05, 0) is 49.2 Å². The van der Waals surface area contributed by atoms with Crippen LogP contribution in [0.3, 0.4) is 0 Å². The van der Waals surface area contributed by atoms with Crippen LogP contribution in [0.15, 0.2) is 60.9 Å². The molecule has 0 spiro atoms. The molecule has 2 aromatic heterocycles. The number of hydrogen-bond donors (Lipinski definition) is 1. The minimum atomic E-state index is -0.904. The molecule has 0 aliphatic rings. The van der Waals surface area contributed by atoms with E-state index in [-0.39, 0.29) is 6.04 Å². The zero-order valence-electron chi connectivity index (χ0n) is 16.9. The van der Waals surface area contributed by atoms with Gasteiger partial charge in [0.25, 0.3) is 0 Å². The maximum Gasteiger partial charge on any atom is 0.159 e. The Balaban J connectivity index is 1.60. The van der Waals surface area contributed by atoms with Gasteiger partial charge in [-0.15, -0.1) is 0 Å². The molecule has 152 valence electrons. The van der Waals surface area contributed by atoms with E-state index >= 15 is 0 Å². The molecule has 5 nitrogen and oxygen atoms in total. The number of aryl methyl sites for hydroxylation is 2. The van der Waals surface area contributed by atoms with E-state index in [9.17, 15) is 8.78 Å². The van der Waals surface area contributed by atoms with Gasteiger partial charge in [-0.25, -0.2) is 18.7 Å². The maximum absolute atomic E-state index is 13.6. The van der Waals surface area contributed by atoms with Gasteiger partial charge in [0.15, 0.2) is 11.6 Å². The second-order valence-electron chi connectivity index (χ2n) is 7.21. The average Bonchev–Trinajstić information content (AvgIpc) is 3.16. The predicted octanol–water partition coefficient (Wildman–Crippen LogP) is 5.30. The third-order valence-corrected chi connectivity index (χ3v) is 4.84. The number of anilines is 1. The molecule has 30 heavy (non-hydrogen) atoms. The molecular weight excluding hydrogens is 384 g/mol. The van der Waals surface area contributed by atoms with E-state index in [4.69, 9.17) is 0 Å². The van der Waals surface area contributed by atoms with Crippen molar-refractivity contribution in [2.45, 2.75) is 19.9 Å². The van der Waals surface area contributed by atoms with E-state index in [1.165, 1.54) is 6.07 Å². The number of halogens is 2. The highest BCUT2D eigenvalue weighted by Crippen LogP contribution is 2.27. The number of nitrogens with one attached hydrogen (secondary N) is 1. The molecule has 0 aliphatic heterocycles. The summed E-state index contributed by atoms with van der Waals surface area (Å²) in [6, 6.07) is 13.7. The number of nitrogens with zero attached hydrogens (tertiary/aromatic N) is 4. The van der Waals surface area contributed by atoms with Crippen LogP contribution in [0.1, 0.15) is 24.4 Å². The van der Waals surface area contributed by atoms with E-state index in [0.29, 0.717) is 22.9 Å². The minimum absolute atomic E-state index is 0.0336. The van der Waals surface area contributed by atoms with Crippen molar-refractivity contribution in [3.63, 3.8) is 0 Å². The van der Waals surface area contributed by atoms with Gasteiger partial charge in [0.1, 0.15) is 11.6 Å². The molecule has 4 rings (SSSR count). The Labute approximate surface area is 173 Å². The number of benzene rings is 2. The number of hydrogen-bond acceptors (Lipinski definition) is 4. The predicted molar refractivity (Wildman–Crippen MR) is 113 cm³/mol. The Morgan fingerprint density at radius 3 is 2.50 bits per heavy atom. The lowest BCUT2D eigenvalue weighted by molar-refractivity contribution is 0.509. The normalized spacial score (nSPS) is 12.0. The molecular formula is C23H21F2N5. The zero-order valence-corrected chi connectivity index (χ0v) is 16.9. The minimum Gasteiger partial charge on any atom is -0.363 e. The molecule has 0 bridgehead atoms. The van der Waals surface area contributed by atoms with Crippen LogP contribution in [0.2, 0.25) is 0 Å². The van der Waals surface area contributed by atoms with Gasteiger partial charge in [-0.2, -0.15) is 5.10 Å². The van der Waals surface area contributed by atoms with E-state index < -0.39 is 11.6 Å². The molecule has 2 heterocycles. The van der Waals surface area contributed by atoms with Crippen molar-refractivity contribution in [2.24, 2.45) is 7.05 Å². The van der Waals surface area contributed by atoms with Gasteiger partial charge in [0.05, 0.1) is 11.9 Å². The molecule has 0 aliphatic carbocycles. The molecule has 2 aromatic carbocycles. The Morgan fingerprint density at radius 1 is 0.933 bits per heavy atom. The van der Waals surface area contributed by atoms with Crippen LogP contribution in [0.25, 0.3) is 22.4 Å².